The molecule has 1 aliphatic heterocycles. The third-order valence-corrected chi connectivity index (χ3v) is 5.76. The minimum atomic E-state index is -0.544. The number of halogens is 1. The van der Waals surface area contributed by atoms with Crippen molar-refractivity contribution in [3.8, 4) is 0 Å². The number of amides is 2. The molecule has 0 spiro atoms. The maximum absolute atomic E-state index is 13.0. The van der Waals surface area contributed by atoms with Crippen LogP contribution >= 0.6 is 23.1 Å². The zero-order valence-corrected chi connectivity index (χ0v) is 15.8. The van der Waals surface area contributed by atoms with E-state index in [1.54, 1.807) is 0 Å². The minimum Gasteiger partial charge on any atom is -0.468 e. The van der Waals surface area contributed by atoms with Crippen LogP contribution in [0.5, 0.6) is 0 Å². The molecule has 142 valence electrons. The first-order valence-corrected chi connectivity index (χ1v) is 9.66. The van der Waals surface area contributed by atoms with E-state index in [1.165, 1.54) is 36.3 Å². The highest BCUT2D eigenvalue weighted by Crippen LogP contribution is 2.28. The van der Waals surface area contributed by atoms with Crippen molar-refractivity contribution in [3.05, 3.63) is 30.1 Å². The lowest BCUT2D eigenvalue weighted by Crippen LogP contribution is -2.28. The predicted octanol–water partition coefficient (Wildman–Crippen LogP) is 1.93. The normalized spacial score (nSPS) is 16.4. The van der Waals surface area contributed by atoms with Gasteiger partial charge in [0.1, 0.15) is 5.82 Å². The van der Waals surface area contributed by atoms with Gasteiger partial charge in [0.15, 0.2) is 4.34 Å². The van der Waals surface area contributed by atoms with Crippen LogP contribution in [0, 0.1) is 11.7 Å². The molecule has 0 radical (unpaired) electrons. The Labute approximate surface area is 162 Å². The second-order valence-corrected chi connectivity index (χ2v) is 7.81. The first-order valence-electron chi connectivity index (χ1n) is 7.86. The molecule has 3 rings (SSSR count). The number of carbonyl (C=O) groups is 3. The fourth-order valence-electron chi connectivity index (χ4n) is 2.46. The number of methoxy groups -OCH3 is 1. The van der Waals surface area contributed by atoms with Gasteiger partial charge in [0.25, 0.3) is 0 Å². The van der Waals surface area contributed by atoms with Gasteiger partial charge in [0.05, 0.1) is 18.8 Å². The Bertz CT molecular complexity index is 858. The fraction of sp³-hybridized carbons (Fsp3) is 0.312. The van der Waals surface area contributed by atoms with Crippen LogP contribution in [0.25, 0.3) is 0 Å². The maximum atomic E-state index is 13.0. The molecule has 1 fully saturated rings. The highest BCUT2D eigenvalue weighted by Gasteiger charge is 2.35. The average molecular weight is 410 g/mol. The van der Waals surface area contributed by atoms with E-state index in [0.29, 0.717) is 15.2 Å². The lowest BCUT2D eigenvalue weighted by Gasteiger charge is -2.16. The molecule has 8 nitrogen and oxygen atoms in total. The molecule has 0 unspecified atom stereocenters. The number of aromatic nitrogens is 2. The molecule has 1 saturated heterocycles. The van der Waals surface area contributed by atoms with Crippen molar-refractivity contribution in [1.29, 1.82) is 0 Å². The summed E-state index contributed by atoms with van der Waals surface area (Å²) in [4.78, 5) is 37.2. The average Bonchev–Trinajstić information content (AvgIpc) is 3.27. The number of anilines is 2. The van der Waals surface area contributed by atoms with Crippen molar-refractivity contribution in [2.45, 2.75) is 10.8 Å². The Kier molecular flexibility index (Phi) is 6.01. The lowest BCUT2D eigenvalue weighted by atomic mass is 10.1. The van der Waals surface area contributed by atoms with Crippen molar-refractivity contribution in [2.24, 2.45) is 5.92 Å². The molecule has 1 aromatic heterocycles. The third-order valence-electron chi connectivity index (χ3n) is 3.81. The van der Waals surface area contributed by atoms with Crippen molar-refractivity contribution in [1.82, 2.24) is 10.2 Å². The predicted molar refractivity (Wildman–Crippen MR) is 98.1 cm³/mol. The highest BCUT2D eigenvalue weighted by atomic mass is 32.2. The molecule has 2 heterocycles. The molecule has 0 saturated carbocycles. The van der Waals surface area contributed by atoms with E-state index in [-0.39, 0.29) is 36.5 Å². The monoisotopic (exact) mass is 410 g/mol. The standard InChI is InChI=1S/C16H15FN4O4S2/c1-25-13(23)8-26-16-20-19-15(27-16)18-14(24)9-6-12(22)21(7-9)11-4-2-10(17)3-5-11/h2-5,9H,6-8H2,1H3,(H,18,19,24)/t9-/m1/s1. The van der Waals surface area contributed by atoms with Gasteiger partial charge in [0, 0.05) is 18.7 Å². The molecule has 27 heavy (non-hydrogen) atoms. The van der Waals surface area contributed by atoms with Crippen LogP contribution in [-0.2, 0) is 19.1 Å². The highest BCUT2D eigenvalue weighted by molar-refractivity contribution is 8.01. The third kappa shape index (κ3) is 4.80. The van der Waals surface area contributed by atoms with Crippen molar-refractivity contribution in [3.63, 3.8) is 0 Å². The van der Waals surface area contributed by atoms with E-state index < -0.39 is 11.7 Å². The van der Waals surface area contributed by atoms with Crippen molar-refractivity contribution >= 4 is 51.7 Å². The Morgan fingerprint density at radius 1 is 1.37 bits per heavy atom. The molecule has 1 N–H and O–H groups in total. The van der Waals surface area contributed by atoms with Crippen LogP contribution in [0.1, 0.15) is 6.42 Å². The van der Waals surface area contributed by atoms with Crippen molar-refractivity contribution in [2.75, 3.05) is 29.6 Å². The van der Waals surface area contributed by atoms with E-state index in [4.69, 9.17) is 0 Å². The topological polar surface area (TPSA) is 101 Å². The number of hydrogen-bond donors (Lipinski definition) is 1. The fourth-order valence-corrected chi connectivity index (χ4v) is 4.05. The quantitative estimate of drug-likeness (QED) is 0.441. The van der Waals surface area contributed by atoms with Crippen LogP contribution < -0.4 is 10.2 Å². The molecule has 2 aromatic rings. The van der Waals surface area contributed by atoms with Gasteiger partial charge < -0.3 is 15.0 Å². The SMILES string of the molecule is COC(=O)CSc1nnc(NC(=O)[C@@H]2CC(=O)N(c3ccc(F)cc3)C2)s1. The van der Waals surface area contributed by atoms with Gasteiger partial charge in [0.2, 0.25) is 16.9 Å². The van der Waals surface area contributed by atoms with Gasteiger partial charge in [-0.3, -0.25) is 14.4 Å². The minimum absolute atomic E-state index is 0.0615. The number of ether oxygens (including phenoxy) is 1. The van der Waals surface area contributed by atoms with Crippen LogP contribution in [0.15, 0.2) is 28.6 Å². The second-order valence-electron chi connectivity index (χ2n) is 5.61. The van der Waals surface area contributed by atoms with E-state index in [2.05, 4.69) is 20.3 Å². The summed E-state index contributed by atoms with van der Waals surface area (Å²) < 4.78 is 18.1. The Balaban J connectivity index is 1.57. The molecule has 2 amide bonds. The summed E-state index contributed by atoms with van der Waals surface area (Å²) in [7, 11) is 1.30. The van der Waals surface area contributed by atoms with Gasteiger partial charge in [-0.1, -0.05) is 23.1 Å². The van der Waals surface area contributed by atoms with Crippen LogP contribution in [0.3, 0.4) is 0 Å². The van der Waals surface area contributed by atoms with Crippen molar-refractivity contribution < 1.29 is 23.5 Å². The molecule has 11 heteroatoms. The van der Waals surface area contributed by atoms with E-state index in [1.807, 2.05) is 0 Å². The summed E-state index contributed by atoms with van der Waals surface area (Å²) in [5.41, 5.74) is 0.550. The van der Waals surface area contributed by atoms with Crippen LogP contribution in [-0.4, -0.2) is 47.4 Å². The largest absolute Gasteiger partial charge is 0.468 e. The summed E-state index contributed by atoms with van der Waals surface area (Å²) in [5, 5.41) is 10.7. The number of nitrogens with one attached hydrogen (secondary N) is 1. The number of rotatable bonds is 6. The van der Waals surface area contributed by atoms with E-state index in [9.17, 15) is 18.8 Å². The number of carbonyl (C=O) groups excluding carboxylic acids is 3. The second kappa shape index (κ2) is 8.44. The number of hydrogen-bond acceptors (Lipinski definition) is 8. The van der Waals surface area contributed by atoms with E-state index >= 15 is 0 Å². The molecule has 1 aliphatic rings. The first-order chi connectivity index (χ1) is 13.0. The summed E-state index contributed by atoms with van der Waals surface area (Å²) in [5.74, 6) is -1.76. The Morgan fingerprint density at radius 3 is 2.81 bits per heavy atom. The molecule has 0 aliphatic carbocycles. The summed E-state index contributed by atoms with van der Waals surface area (Å²) in [6.45, 7) is 0.207. The van der Waals surface area contributed by atoms with Crippen LogP contribution in [0.4, 0.5) is 15.2 Å². The molecule has 1 atom stereocenters. The van der Waals surface area contributed by atoms with Gasteiger partial charge >= 0.3 is 5.97 Å². The Morgan fingerprint density at radius 2 is 2.11 bits per heavy atom. The number of benzene rings is 1. The lowest BCUT2D eigenvalue weighted by molar-refractivity contribution is -0.137. The smallest absolute Gasteiger partial charge is 0.316 e. The van der Waals surface area contributed by atoms with Crippen LogP contribution in [0.2, 0.25) is 0 Å². The van der Waals surface area contributed by atoms with Gasteiger partial charge in [-0.25, -0.2) is 4.39 Å². The molecular formula is C16H15FN4O4S2. The summed E-state index contributed by atoms with van der Waals surface area (Å²) >= 11 is 2.29. The summed E-state index contributed by atoms with van der Waals surface area (Å²) in [6, 6.07) is 5.54. The first kappa shape index (κ1) is 19.2. The number of nitrogens with zero attached hydrogens (tertiary/aromatic N) is 3. The Hall–Kier alpha value is -2.53. The van der Waals surface area contributed by atoms with Gasteiger partial charge in [-0.05, 0) is 24.3 Å². The zero-order valence-electron chi connectivity index (χ0n) is 14.2. The van der Waals surface area contributed by atoms with E-state index in [0.717, 1.165) is 23.1 Å². The molecule has 1 aromatic carbocycles. The summed E-state index contributed by atoms with van der Waals surface area (Å²) in [6.07, 6.45) is 0.0615. The number of thioether (sulfide) groups is 1. The number of esters is 1. The maximum Gasteiger partial charge on any atom is 0.316 e. The molecule has 0 bridgehead atoms. The zero-order chi connectivity index (χ0) is 19.4. The molecular weight excluding hydrogens is 395 g/mol. The van der Waals surface area contributed by atoms with Gasteiger partial charge in [-0.15, -0.1) is 10.2 Å². The van der Waals surface area contributed by atoms with Gasteiger partial charge in [-0.2, -0.15) is 0 Å².